The molecule has 3 rings (SSSR count). The number of amides is 1. The molecule has 0 radical (unpaired) electrons. The van der Waals surface area contributed by atoms with Crippen LogP contribution in [0.25, 0.3) is 0 Å². The van der Waals surface area contributed by atoms with E-state index in [4.69, 9.17) is 9.47 Å². The second-order valence-electron chi connectivity index (χ2n) is 6.48. The van der Waals surface area contributed by atoms with Gasteiger partial charge < -0.3 is 14.8 Å². The summed E-state index contributed by atoms with van der Waals surface area (Å²) in [5.41, 5.74) is 2.48. The zero-order valence-corrected chi connectivity index (χ0v) is 14.9. The normalized spacial score (nSPS) is 16.2. The third kappa shape index (κ3) is 3.85. The highest BCUT2D eigenvalue weighted by molar-refractivity contribution is 5.99. The first-order valence-electron chi connectivity index (χ1n) is 8.83. The van der Waals surface area contributed by atoms with Crippen molar-refractivity contribution in [1.82, 2.24) is 0 Å². The second kappa shape index (κ2) is 7.70. The molecular formula is C21H25NO3. The molecule has 4 nitrogen and oxygen atoms in total. The minimum absolute atomic E-state index is 0.0329. The van der Waals surface area contributed by atoms with Crippen LogP contribution >= 0.6 is 0 Å². The van der Waals surface area contributed by atoms with Gasteiger partial charge in [0.2, 0.25) is 5.91 Å². The number of carbonyl (C=O) groups is 1. The van der Waals surface area contributed by atoms with Crippen molar-refractivity contribution in [3.8, 4) is 5.75 Å². The van der Waals surface area contributed by atoms with Crippen LogP contribution in [-0.4, -0.2) is 25.7 Å². The number of hydrogen-bond donors (Lipinski definition) is 1. The summed E-state index contributed by atoms with van der Waals surface area (Å²) in [6, 6.07) is 15.8. The van der Waals surface area contributed by atoms with Gasteiger partial charge in [0, 0.05) is 18.9 Å². The van der Waals surface area contributed by atoms with E-state index in [-0.39, 0.29) is 5.91 Å². The van der Waals surface area contributed by atoms with Crippen molar-refractivity contribution in [2.24, 2.45) is 0 Å². The van der Waals surface area contributed by atoms with E-state index < -0.39 is 5.41 Å². The maximum absolute atomic E-state index is 13.2. The van der Waals surface area contributed by atoms with E-state index in [1.807, 2.05) is 37.3 Å². The second-order valence-corrected chi connectivity index (χ2v) is 6.48. The lowest BCUT2D eigenvalue weighted by Crippen LogP contribution is -2.44. The molecule has 0 unspecified atom stereocenters. The average molecular weight is 339 g/mol. The van der Waals surface area contributed by atoms with Gasteiger partial charge in [-0.3, -0.25) is 4.79 Å². The highest BCUT2D eigenvalue weighted by Gasteiger charge is 2.41. The highest BCUT2D eigenvalue weighted by Crippen LogP contribution is 2.36. The Balaban J connectivity index is 1.84. The first kappa shape index (κ1) is 17.5. The van der Waals surface area contributed by atoms with Gasteiger partial charge in [0.1, 0.15) is 5.75 Å². The van der Waals surface area contributed by atoms with Crippen LogP contribution in [0.5, 0.6) is 5.75 Å². The van der Waals surface area contributed by atoms with Crippen LogP contribution in [0, 0.1) is 6.92 Å². The lowest BCUT2D eigenvalue weighted by Gasteiger charge is -2.36. The molecule has 1 N–H and O–H groups in total. The Labute approximate surface area is 149 Å². The minimum Gasteiger partial charge on any atom is -0.494 e. The Morgan fingerprint density at radius 3 is 2.52 bits per heavy atom. The fourth-order valence-electron chi connectivity index (χ4n) is 3.36. The number of anilines is 1. The molecule has 1 amide bonds. The van der Waals surface area contributed by atoms with Gasteiger partial charge >= 0.3 is 0 Å². The molecule has 2 aromatic rings. The van der Waals surface area contributed by atoms with E-state index >= 15 is 0 Å². The summed E-state index contributed by atoms with van der Waals surface area (Å²) in [5, 5.41) is 3.09. The zero-order chi connectivity index (χ0) is 17.7. The molecule has 0 saturated carbocycles. The van der Waals surface area contributed by atoms with Gasteiger partial charge in [0.05, 0.1) is 12.0 Å². The first-order chi connectivity index (χ1) is 12.1. The number of aryl methyl sites for hydroxylation is 1. The fourth-order valence-corrected chi connectivity index (χ4v) is 3.36. The van der Waals surface area contributed by atoms with Crippen molar-refractivity contribution in [3.05, 3.63) is 59.7 Å². The predicted molar refractivity (Wildman–Crippen MR) is 99.2 cm³/mol. The van der Waals surface area contributed by atoms with Crippen molar-refractivity contribution < 1.29 is 14.3 Å². The summed E-state index contributed by atoms with van der Waals surface area (Å²) >= 11 is 0. The molecule has 2 aromatic carbocycles. The third-order valence-corrected chi connectivity index (χ3v) is 4.77. The van der Waals surface area contributed by atoms with Crippen molar-refractivity contribution in [2.45, 2.75) is 32.1 Å². The number of nitrogens with one attached hydrogen (secondary N) is 1. The minimum atomic E-state index is -0.539. The quantitative estimate of drug-likeness (QED) is 0.893. The smallest absolute Gasteiger partial charge is 0.235 e. The molecule has 0 aromatic heterocycles. The predicted octanol–water partition coefficient (Wildman–Crippen LogP) is 4.08. The SMILES string of the molecule is CCOc1ccc(NC(=O)C2(c3cccc(C)c3)CCOCC2)cc1. The maximum Gasteiger partial charge on any atom is 0.235 e. The van der Waals surface area contributed by atoms with E-state index in [1.54, 1.807) is 0 Å². The Morgan fingerprint density at radius 1 is 1.16 bits per heavy atom. The summed E-state index contributed by atoms with van der Waals surface area (Å²) < 4.78 is 11.0. The summed E-state index contributed by atoms with van der Waals surface area (Å²) in [6.45, 7) is 5.84. The molecule has 0 bridgehead atoms. The molecule has 1 saturated heterocycles. The molecule has 1 aliphatic heterocycles. The Kier molecular flexibility index (Phi) is 5.39. The van der Waals surface area contributed by atoms with Crippen LogP contribution in [0.4, 0.5) is 5.69 Å². The Bertz CT molecular complexity index is 718. The summed E-state index contributed by atoms with van der Waals surface area (Å²) in [4.78, 5) is 13.2. The fraction of sp³-hybridized carbons (Fsp3) is 0.381. The molecule has 1 heterocycles. The number of carbonyl (C=O) groups excluding carboxylic acids is 1. The molecular weight excluding hydrogens is 314 g/mol. The van der Waals surface area contributed by atoms with Gasteiger partial charge in [-0.1, -0.05) is 29.8 Å². The average Bonchev–Trinajstić information content (AvgIpc) is 2.64. The van der Waals surface area contributed by atoms with Crippen LogP contribution in [0.15, 0.2) is 48.5 Å². The number of hydrogen-bond acceptors (Lipinski definition) is 3. The summed E-state index contributed by atoms with van der Waals surface area (Å²) in [7, 11) is 0. The third-order valence-electron chi connectivity index (χ3n) is 4.77. The van der Waals surface area contributed by atoms with Crippen molar-refractivity contribution in [3.63, 3.8) is 0 Å². The van der Waals surface area contributed by atoms with Gasteiger partial charge in [-0.05, 0) is 56.5 Å². The molecule has 25 heavy (non-hydrogen) atoms. The number of rotatable bonds is 5. The van der Waals surface area contributed by atoms with E-state index in [9.17, 15) is 4.79 Å². The highest BCUT2D eigenvalue weighted by atomic mass is 16.5. The maximum atomic E-state index is 13.2. The lowest BCUT2D eigenvalue weighted by molar-refractivity contribution is -0.125. The lowest BCUT2D eigenvalue weighted by atomic mass is 9.73. The van der Waals surface area contributed by atoms with Crippen LogP contribution in [0.2, 0.25) is 0 Å². The van der Waals surface area contributed by atoms with E-state index in [0.717, 1.165) is 22.6 Å². The molecule has 0 aliphatic carbocycles. The Hall–Kier alpha value is -2.33. The number of benzene rings is 2. The molecule has 1 fully saturated rings. The van der Waals surface area contributed by atoms with Gasteiger partial charge in [-0.2, -0.15) is 0 Å². The summed E-state index contributed by atoms with van der Waals surface area (Å²) in [6.07, 6.45) is 1.39. The molecule has 132 valence electrons. The molecule has 4 heteroatoms. The van der Waals surface area contributed by atoms with Gasteiger partial charge in [0.15, 0.2) is 0 Å². The van der Waals surface area contributed by atoms with Crippen molar-refractivity contribution in [1.29, 1.82) is 0 Å². The van der Waals surface area contributed by atoms with Gasteiger partial charge in [-0.15, -0.1) is 0 Å². The first-order valence-corrected chi connectivity index (χ1v) is 8.83. The van der Waals surface area contributed by atoms with Crippen molar-refractivity contribution >= 4 is 11.6 Å². The van der Waals surface area contributed by atoms with E-state index in [1.165, 1.54) is 0 Å². The topological polar surface area (TPSA) is 47.6 Å². The van der Waals surface area contributed by atoms with Crippen LogP contribution in [-0.2, 0) is 14.9 Å². The van der Waals surface area contributed by atoms with E-state index in [2.05, 4.69) is 30.4 Å². The van der Waals surface area contributed by atoms with Gasteiger partial charge in [-0.25, -0.2) is 0 Å². The van der Waals surface area contributed by atoms with E-state index in [0.29, 0.717) is 32.7 Å². The Morgan fingerprint density at radius 2 is 1.88 bits per heavy atom. The number of ether oxygens (including phenoxy) is 2. The molecule has 1 aliphatic rings. The van der Waals surface area contributed by atoms with Crippen molar-refractivity contribution in [2.75, 3.05) is 25.1 Å². The van der Waals surface area contributed by atoms with Crippen LogP contribution in [0.3, 0.4) is 0 Å². The largest absolute Gasteiger partial charge is 0.494 e. The van der Waals surface area contributed by atoms with Gasteiger partial charge in [0.25, 0.3) is 0 Å². The molecule has 0 atom stereocenters. The monoisotopic (exact) mass is 339 g/mol. The summed E-state index contributed by atoms with van der Waals surface area (Å²) in [5.74, 6) is 0.838. The zero-order valence-electron chi connectivity index (χ0n) is 14.9. The standard InChI is InChI=1S/C21H25NO3/c1-3-25-19-9-7-18(8-10-19)22-20(23)21(11-13-24-14-12-21)17-6-4-5-16(2)15-17/h4-10,15H,3,11-14H2,1-2H3,(H,22,23). The van der Waals surface area contributed by atoms with Crippen LogP contribution < -0.4 is 10.1 Å². The van der Waals surface area contributed by atoms with Crippen LogP contribution in [0.1, 0.15) is 30.9 Å². The molecule has 0 spiro atoms.